The van der Waals surface area contributed by atoms with Crippen molar-refractivity contribution in [1.82, 2.24) is 25.3 Å². The van der Waals surface area contributed by atoms with E-state index >= 15 is 0 Å². The molecule has 2 heterocycles. The van der Waals surface area contributed by atoms with Crippen LogP contribution >= 0.6 is 34.8 Å². The van der Waals surface area contributed by atoms with Crippen molar-refractivity contribution in [3.8, 4) is 0 Å². The molecule has 0 atom stereocenters. The van der Waals surface area contributed by atoms with Crippen LogP contribution in [0.3, 0.4) is 0 Å². The van der Waals surface area contributed by atoms with Crippen LogP contribution in [0.2, 0.25) is 15.5 Å². The average Bonchev–Trinajstić information content (AvgIpc) is 2.69. The highest BCUT2D eigenvalue weighted by Crippen LogP contribution is 2.05. The summed E-state index contributed by atoms with van der Waals surface area (Å²) < 4.78 is 0. The summed E-state index contributed by atoms with van der Waals surface area (Å²) in [5, 5.41) is 15.3. The van der Waals surface area contributed by atoms with E-state index in [0.29, 0.717) is 22.0 Å². The highest BCUT2D eigenvalue weighted by molar-refractivity contribution is 6.31. The smallest absolute Gasteiger partial charge is 0.151 e. The minimum absolute atomic E-state index is 0.356. The Labute approximate surface area is 170 Å². The fraction of sp³-hybridized carbons (Fsp3) is 0.467. The van der Waals surface area contributed by atoms with Gasteiger partial charge in [-0.3, -0.25) is 11.7 Å². The van der Waals surface area contributed by atoms with Crippen LogP contribution in [0.5, 0.6) is 0 Å². The molecule has 26 heavy (non-hydrogen) atoms. The first-order chi connectivity index (χ1) is 12.5. The molecule has 6 N–H and O–H groups in total. The molecule has 0 aliphatic rings. The molecule has 0 aromatic carbocycles. The normalized spacial score (nSPS) is 9.15. The number of aromatic nitrogens is 4. The molecule has 0 aliphatic heterocycles. The summed E-state index contributed by atoms with van der Waals surface area (Å²) >= 11 is 16.2. The standard InChI is InChI=1S/C6H15N.C5H6ClN3.C4H2Cl2N2.H4N2/c1-4-7(5-2)6-3;6-5-2-1-4(3-7)8-9-5;5-3-1-2-4(6)8-7-3;1-2/h4-6H2,1-3H3;1-2H,3,7H2;1-2H;1-2H2. The topological polar surface area (TPSA) is 133 Å². The van der Waals surface area contributed by atoms with Crippen LogP contribution in [0.1, 0.15) is 26.5 Å². The molecule has 0 saturated heterocycles. The Morgan fingerprint density at radius 1 is 0.731 bits per heavy atom. The van der Waals surface area contributed by atoms with Crippen molar-refractivity contribution in [3.05, 3.63) is 45.4 Å². The van der Waals surface area contributed by atoms with Gasteiger partial charge >= 0.3 is 0 Å². The van der Waals surface area contributed by atoms with Gasteiger partial charge in [0.2, 0.25) is 0 Å². The molecule has 8 nitrogen and oxygen atoms in total. The molecule has 0 spiro atoms. The fourth-order valence-corrected chi connectivity index (χ4v) is 1.73. The number of nitrogens with zero attached hydrogens (tertiary/aromatic N) is 5. The predicted octanol–water partition coefficient (Wildman–Crippen LogP) is 2.54. The molecule has 0 unspecified atom stereocenters. The second-order valence-electron chi connectivity index (χ2n) is 4.35. The van der Waals surface area contributed by atoms with Gasteiger partial charge in [-0.25, -0.2) is 0 Å². The van der Waals surface area contributed by atoms with Gasteiger partial charge in [-0.1, -0.05) is 55.6 Å². The molecule has 0 saturated carbocycles. The van der Waals surface area contributed by atoms with Crippen LogP contribution in [0.4, 0.5) is 0 Å². The Morgan fingerprint density at radius 2 is 1.08 bits per heavy atom. The average molecular weight is 426 g/mol. The second kappa shape index (κ2) is 18.7. The summed E-state index contributed by atoms with van der Waals surface area (Å²) in [6.45, 7) is 10.5. The molecule has 0 bridgehead atoms. The summed E-state index contributed by atoms with van der Waals surface area (Å²) in [6.07, 6.45) is 0. The van der Waals surface area contributed by atoms with Gasteiger partial charge in [-0.05, 0) is 43.9 Å². The summed E-state index contributed by atoms with van der Waals surface area (Å²) in [7, 11) is 0. The van der Waals surface area contributed by atoms with Gasteiger partial charge < -0.3 is 10.6 Å². The van der Waals surface area contributed by atoms with Crippen LogP contribution < -0.4 is 17.4 Å². The zero-order chi connectivity index (χ0) is 20.4. The fourth-order valence-electron chi connectivity index (χ4n) is 1.42. The van der Waals surface area contributed by atoms with E-state index in [1.54, 1.807) is 24.3 Å². The third-order valence-electron chi connectivity index (χ3n) is 2.84. The quantitative estimate of drug-likeness (QED) is 0.502. The lowest BCUT2D eigenvalue weighted by molar-refractivity contribution is 0.321. The molecular formula is C15H27Cl3N8. The number of hydrogen-bond acceptors (Lipinski definition) is 8. The van der Waals surface area contributed by atoms with Crippen molar-refractivity contribution in [2.75, 3.05) is 19.6 Å². The summed E-state index contributed by atoms with van der Waals surface area (Å²) in [6, 6.07) is 6.57. The summed E-state index contributed by atoms with van der Waals surface area (Å²) in [5.74, 6) is 8.00. The van der Waals surface area contributed by atoms with Gasteiger partial charge in [0.05, 0.1) is 5.69 Å². The van der Waals surface area contributed by atoms with E-state index in [0.717, 1.165) is 5.69 Å². The maximum Gasteiger partial charge on any atom is 0.151 e. The molecule has 0 amide bonds. The number of nitrogens with two attached hydrogens (primary N) is 3. The van der Waals surface area contributed by atoms with Crippen molar-refractivity contribution >= 4 is 34.8 Å². The number of rotatable bonds is 4. The first kappa shape index (κ1) is 27.1. The number of halogens is 3. The van der Waals surface area contributed by atoms with Crippen LogP contribution in [0, 0.1) is 0 Å². The summed E-state index contributed by atoms with van der Waals surface area (Å²) in [5.41, 5.74) is 6.00. The van der Waals surface area contributed by atoms with Crippen LogP contribution in [0.25, 0.3) is 0 Å². The highest BCUT2D eigenvalue weighted by atomic mass is 35.5. The molecule has 2 aromatic rings. The maximum absolute atomic E-state index is 5.45. The highest BCUT2D eigenvalue weighted by Gasteiger charge is 1.90. The van der Waals surface area contributed by atoms with Crippen molar-refractivity contribution in [1.29, 1.82) is 0 Å². The number of hydrogen-bond donors (Lipinski definition) is 3. The molecule has 2 rings (SSSR count). The lowest BCUT2D eigenvalue weighted by Crippen LogP contribution is -2.21. The van der Waals surface area contributed by atoms with Gasteiger partial charge in [0.1, 0.15) is 0 Å². The van der Waals surface area contributed by atoms with E-state index in [1.165, 1.54) is 19.6 Å². The Morgan fingerprint density at radius 3 is 1.27 bits per heavy atom. The predicted molar refractivity (Wildman–Crippen MR) is 109 cm³/mol. The minimum atomic E-state index is 0.356. The first-order valence-electron chi connectivity index (χ1n) is 7.85. The zero-order valence-corrected chi connectivity index (χ0v) is 17.5. The lowest BCUT2D eigenvalue weighted by atomic mass is 10.4. The largest absolute Gasteiger partial charge is 0.325 e. The second-order valence-corrected chi connectivity index (χ2v) is 5.51. The van der Waals surface area contributed by atoms with E-state index in [-0.39, 0.29) is 0 Å². The lowest BCUT2D eigenvalue weighted by Gasteiger charge is -2.13. The van der Waals surface area contributed by atoms with Crippen molar-refractivity contribution in [2.45, 2.75) is 27.3 Å². The van der Waals surface area contributed by atoms with E-state index < -0.39 is 0 Å². The molecule has 0 fully saturated rings. The monoisotopic (exact) mass is 424 g/mol. The van der Waals surface area contributed by atoms with Crippen LogP contribution in [0.15, 0.2) is 24.3 Å². The van der Waals surface area contributed by atoms with Crippen LogP contribution in [-0.2, 0) is 6.54 Å². The van der Waals surface area contributed by atoms with E-state index in [4.69, 9.17) is 40.5 Å². The Balaban J connectivity index is 0. The third kappa shape index (κ3) is 15.2. The Hall–Kier alpha value is -1.13. The molecular weight excluding hydrogens is 399 g/mol. The van der Waals surface area contributed by atoms with Gasteiger partial charge in [0.15, 0.2) is 15.5 Å². The van der Waals surface area contributed by atoms with Crippen molar-refractivity contribution < 1.29 is 0 Å². The van der Waals surface area contributed by atoms with Crippen LogP contribution in [-0.4, -0.2) is 44.9 Å². The van der Waals surface area contributed by atoms with Crippen molar-refractivity contribution in [2.24, 2.45) is 17.4 Å². The van der Waals surface area contributed by atoms with Gasteiger partial charge in [-0.15, -0.1) is 15.3 Å². The molecule has 148 valence electrons. The molecule has 0 radical (unpaired) electrons. The summed E-state index contributed by atoms with van der Waals surface area (Å²) in [4.78, 5) is 2.38. The Bertz CT molecular complexity index is 509. The third-order valence-corrected chi connectivity index (χ3v) is 3.44. The van der Waals surface area contributed by atoms with Gasteiger partial charge in [0, 0.05) is 6.54 Å². The first-order valence-corrected chi connectivity index (χ1v) is 8.98. The van der Waals surface area contributed by atoms with Gasteiger partial charge in [-0.2, -0.15) is 5.10 Å². The van der Waals surface area contributed by atoms with E-state index in [9.17, 15) is 0 Å². The molecule has 2 aromatic heterocycles. The Kier molecular flexibility index (Phi) is 19.4. The van der Waals surface area contributed by atoms with E-state index in [2.05, 4.69) is 57.8 Å². The minimum Gasteiger partial charge on any atom is -0.325 e. The zero-order valence-electron chi connectivity index (χ0n) is 15.2. The van der Waals surface area contributed by atoms with Crippen molar-refractivity contribution in [3.63, 3.8) is 0 Å². The maximum atomic E-state index is 5.45. The molecule has 0 aliphatic carbocycles. The molecule has 11 heteroatoms. The van der Waals surface area contributed by atoms with Gasteiger partial charge in [0.25, 0.3) is 0 Å². The SMILES string of the molecule is CCN(CC)CC.Clc1ccc(Cl)nn1.NCc1ccc(Cl)nn1.NN. The van der Waals surface area contributed by atoms with E-state index in [1.807, 2.05) is 0 Å². The number of hydrazine groups is 1.